The monoisotopic (exact) mass is 281 g/mol. The number of benzene rings is 1. The first kappa shape index (κ1) is 15.6. The lowest BCUT2D eigenvalue weighted by atomic mass is 10.2. The first-order valence-corrected chi connectivity index (χ1v) is 7.22. The predicted octanol–water partition coefficient (Wildman–Crippen LogP) is 2.62. The summed E-state index contributed by atoms with van der Waals surface area (Å²) in [4.78, 5) is 23.1. The Bertz CT molecular complexity index is 448. The third-order valence-corrected chi connectivity index (χ3v) is 3.53. The van der Waals surface area contributed by atoms with E-state index >= 15 is 0 Å². The lowest BCUT2D eigenvalue weighted by Gasteiger charge is -2.12. The molecule has 0 unspecified atom stereocenters. The highest BCUT2D eigenvalue weighted by molar-refractivity contribution is 8.01. The van der Waals surface area contributed by atoms with Gasteiger partial charge in [-0.3, -0.25) is 9.59 Å². The van der Waals surface area contributed by atoms with Gasteiger partial charge in [0, 0.05) is 5.69 Å². The standard InChI is InChI=1S/C14H19NO3S/c1-4-18-13(16)9-19-11(3)14(17)15-12-7-5-6-10(2)8-12/h5-8,11H,4,9H2,1-3H3,(H,15,17)/t11-/m0/s1. The molecule has 1 aromatic rings. The number of hydrogen-bond acceptors (Lipinski definition) is 4. The zero-order chi connectivity index (χ0) is 14.3. The Morgan fingerprint density at radius 3 is 2.79 bits per heavy atom. The highest BCUT2D eigenvalue weighted by Gasteiger charge is 2.15. The average Bonchev–Trinajstić information content (AvgIpc) is 2.36. The van der Waals surface area contributed by atoms with Crippen LogP contribution in [-0.4, -0.2) is 29.5 Å². The van der Waals surface area contributed by atoms with E-state index in [-0.39, 0.29) is 22.9 Å². The Morgan fingerprint density at radius 1 is 1.42 bits per heavy atom. The van der Waals surface area contributed by atoms with Crippen LogP contribution in [0.25, 0.3) is 0 Å². The van der Waals surface area contributed by atoms with E-state index in [1.807, 2.05) is 31.2 Å². The van der Waals surface area contributed by atoms with Crippen LogP contribution in [0.4, 0.5) is 5.69 Å². The highest BCUT2D eigenvalue weighted by Crippen LogP contribution is 2.15. The van der Waals surface area contributed by atoms with Crippen LogP contribution in [0.1, 0.15) is 19.4 Å². The summed E-state index contributed by atoms with van der Waals surface area (Å²) in [5.41, 5.74) is 1.86. The van der Waals surface area contributed by atoms with Crippen molar-refractivity contribution in [3.8, 4) is 0 Å². The molecule has 0 saturated heterocycles. The molecule has 0 aromatic heterocycles. The molecule has 0 radical (unpaired) electrons. The maximum Gasteiger partial charge on any atom is 0.315 e. The summed E-state index contributed by atoms with van der Waals surface area (Å²) in [6, 6.07) is 7.60. The number of hydrogen-bond donors (Lipinski definition) is 1. The van der Waals surface area contributed by atoms with Crippen molar-refractivity contribution < 1.29 is 14.3 Å². The van der Waals surface area contributed by atoms with Crippen LogP contribution in [0.15, 0.2) is 24.3 Å². The summed E-state index contributed by atoms with van der Waals surface area (Å²) in [5, 5.41) is 2.53. The molecule has 0 spiro atoms. The van der Waals surface area contributed by atoms with Crippen LogP contribution in [0, 0.1) is 6.92 Å². The van der Waals surface area contributed by atoms with Gasteiger partial charge in [0.1, 0.15) is 0 Å². The third kappa shape index (κ3) is 5.79. The first-order chi connectivity index (χ1) is 9.02. The number of thioether (sulfide) groups is 1. The maximum atomic E-state index is 11.9. The number of aryl methyl sites for hydroxylation is 1. The maximum absolute atomic E-state index is 11.9. The molecule has 104 valence electrons. The second-order valence-electron chi connectivity index (χ2n) is 4.12. The molecule has 0 bridgehead atoms. The molecule has 0 aliphatic rings. The first-order valence-electron chi connectivity index (χ1n) is 6.17. The normalized spacial score (nSPS) is 11.7. The molecule has 1 atom stereocenters. The second-order valence-corrected chi connectivity index (χ2v) is 5.45. The molecule has 5 heteroatoms. The molecule has 4 nitrogen and oxygen atoms in total. The minimum Gasteiger partial charge on any atom is -0.465 e. The lowest BCUT2D eigenvalue weighted by Crippen LogP contribution is -2.24. The van der Waals surface area contributed by atoms with E-state index in [1.165, 1.54) is 11.8 Å². The predicted molar refractivity (Wildman–Crippen MR) is 78.4 cm³/mol. The van der Waals surface area contributed by atoms with E-state index in [2.05, 4.69) is 5.32 Å². The Balaban J connectivity index is 2.42. The van der Waals surface area contributed by atoms with Crippen molar-refractivity contribution in [2.75, 3.05) is 17.7 Å². The number of carbonyl (C=O) groups is 2. The number of carbonyl (C=O) groups excluding carboxylic acids is 2. The van der Waals surface area contributed by atoms with E-state index in [0.29, 0.717) is 6.61 Å². The third-order valence-electron chi connectivity index (χ3n) is 2.41. The lowest BCUT2D eigenvalue weighted by molar-refractivity contribution is -0.139. The molecule has 0 aliphatic heterocycles. The number of ether oxygens (including phenoxy) is 1. The molecule has 1 aromatic carbocycles. The van der Waals surface area contributed by atoms with Crippen molar-refractivity contribution in [1.82, 2.24) is 0 Å². The zero-order valence-electron chi connectivity index (χ0n) is 11.4. The largest absolute Gasteiger partial charge is 0.465 e. The fourth-order valence-corrected chi connectivity index (χ4v) is 2.12. The smallest absolute Gasteiger partial charge is 0.315 e. The van der Waals surface area contributed by atoms with Crippen LogP contribution >= 0.6 is 11.8 Å². The van der Waals surface area contributed by atoms with Gasteiger partial charge in [0.05, 0.1) is 17.6 Å². The van der Waals surface area contributed by atoms with Crippen molar-refractivity contribution in [2.45, 2.75) is 26.0 Å². The molecule has 0 saturated carbocycles. The average molecular weight is 281 g/mol. The number of nitrogens with one attached hydrogen (secondary N) is 1. The van der Waals surface area contributed by atoms with Crippen LogP contribution < -0.4 is 5.32 Å². The van der Waals surface area contributed by atoms with E-state index in [1.54, 1.807) is 13.8 Å². The molecule has 0 fully saturated rings. The van der Waals surface area contributed by atoms with Crippen LogP contribution in [-0.2, 0) is 14.3 Å². The zero-order valence-corrected chi connectivity index (χ0v) is 12.3. The van der Waals surface area contributed by atoms with Gasteiger partial charge in [0.25, 0.3) is 0 Å². The molecule has 19 heavy (non-hydrogen) atoms. The summed E-state index contributed by atoms with van der Waals surface area (Å²) in [7, 11) is 0. The van der Waals surface area contributed by atoms with Crippen LogP contribution in [0.3, 0.4) is 0 Å². The van der Waals surface area contributed by atoms with Gasteiger partial charge in [0.2, 0.25) is 5.91 Å². The summed E-state index contributed by atoms with van der Waals surface area (Å²) >= 11 is 1.27. The Morgan fingerprint density at radius 2 is 2.16 bits per heavy atom. The number of anilines is 1. The molecule has 1 rings (SSSR count). The van der Waals surface area contributed by atoms with E-state index in [9.17, 15) is 9.59 Å². The van der Waals surface area contributed by atoms with E-state index in [0.717, 1.165) is 11.3 Å². The van der Waals surface area contributed by atoms with Gasteiger partial charge in [-0.15, -0.1) is 11.8 Å². The summed E-state index contributed by atoms with van der Waals surface area (Å²) in [6.07, 6.45) is 0. The fourth-order valence-electron chi connectivity index (χ4n) is 1.44. The number of amides is 1. The van der Waals surface area contributed by atoms with Crippen molar-refractivity contribution in [1.29, 1.82) is 0 Å². The Hall–Kier alpha value is -1.49. The van der Waals surface area contributed by atoms with Crippen molar-refractivity contribution in [3.63, 3.8) is 0 Å². The Labute approximate surface area is 117 Å². The number of rotatable bonds is 6. The molecule has 0 aliphatic carbocycles. The summed E-state index contributed by atoms with van der Waals surface area (Å²) in [5.74, 6) is -0.210. The van der Waals surface area contributed by atoms with Gasteiger partial charge in [-0.25, -0.2) is 0 Å². The quantitative estimate of drug-likeness (QED) is 0.814. The Kier molecular flexibility index (Phi) is 6.42. The van der Waals surface area contributed by atoms with Crippen LogP contribution in [0.2, 0.25) is 0 Å². The van der Waals surface area contributed by atoms with E-state index in [4.69, 9.17) is 4.74 Å². The molecule has 1 N–H and O–H groups in total. The van der Waals surface area contributed by atoms with Crippen molar-refractivity contribution in [2.24, 2.45) is 0 Å². The van der Waals surface area contributed by atoms with Crippen molar-refractivity contribution >= 4 is 29.3 Å². The molecule has 0 heterocycles. The summed E-state index contributed by atoms with van der Waals surface area (Å²) in [6.45, 7) is 5.86. The van der Waals surface area contributed by atoms with Gasteiger partial charge in [-0.05, 0) is 38.5 Å². The molecule has 1 amide bonds. The highest BCUT2D eigenvalue weighted by atomic mass is 32.2. The summed E-state index contributed by atoms with van der Waals surface area (Å²) < 4.78 is 4.81. The fraction of sp³-hybridized carbons (Fsp3) is 0.429. The van der Waals surface area contributed by atoms with Gasteiger partial charge >= 0.3 is 5.97 Å². The minimum absolute atomic E-state index is 0.111. The number of esters is 1. The van der Waals surface area contributed by atoms with E-state index < -0.39 is 0 Å². The minimum atomic E-state index is -0.301. The van der Waals surface area contributed by atoms with Crippen LogP contribution in [0.5, 0.6) is 0 Å². The molecular formula is C14H19NO3S. The molecular weight excluding hydrogens is 262 g/mol. The van der Waals surface area contributed by atoms with Crippen molar-refractivity contribution in [3.05, 3.63) is 29.8 Å². The SMILES string of the molecule is CCOC(=O)CS[C@@H](C)C(=O)Nc1cccc(C)c1. The topological polar surface area (TPSA) is 55.4 Å². The van der Waals surface area contributed by atoms with Gasteiger partial charge in [-0.2, -0.15) is 0 Å². The van der Waals surface area contributed by atoms with Gasteiger partial charge in [0.15, 0.2) is 0 Å². The second kappa shape index (κ2) is 7.84. The van der Waals surface area contributed by atoms with Gasteiger partial charge in [-0.1, -0.05) is 12.1 Å². The van der Waals surface area contributed by atoms with Gasteiger partial charge < -0.3 is 10.1 Å².